The number of carbonyl (C=O) groups is 1. The number of amides is 1. The number of nitriles is 1. The Bertz CT molecular complexity index is 1360. The van der Waals surface area contributed by atoms with E-state index in [0.29, 0.717) is 29.2 Å². The molecular weight excluding hydrogens is 418 g/mol. The summed E-state index contributed by atoms with van der Waals surface area (Å²) < 4.78 is 9.07. The molecule has 1 aromatic carbocycles. The molecule has 0 fully saturated rings. The van der Waals surface area contributed by atoms with Crippen molar-refractivity contribution in [1.29, 1.82) is 5.26 Å². The van der Waals surface area contributed by atoms with Crippen LogP contribution in [0.5, 0.6) is 5.75 Å². The highest BCUT2D eigenvalue weighted by atomic mass is 16.5. The number of rotatable bonds is 7. The second-order valence-corrected chi connectivity index (χ2v) is 7.81. The Hall–Kier alpha value is -4.19. The first-order chi connectivity index (χ1) is 15.9. The van der Waals surface area contributed by atoms with Gasteiger partial charge in [-0.25, -0.2) is 14.5 Å². The lowest BCUT2D eigenvalue weighted by Gasteiger charge is -2.21. The topological polar surface area (TPSA) is 110 Å². The van der Waals surface area contributed by atoms with Crippen LogP contribution in [0.15, 0.2) is 42.9 Å². The van der Waals surface area contributed by atoms with E-state index < -0.39 is 6.04 Å². The summed E-state index contributed by atoms with van der Waals surface area (Å²) in [5, 5.41) is 16.7. The van der Waals surface area contributed by atoms with E-state index in [1.54, 1.807) is 17.8 Å². The highest BCUT2D eigenvalue weighted by Gasteiger charge is 2.24. The zero-order valence-electron chi connectivity index (χ0n) is 19.0. The molecule has 168 valence electrons. The third kappa shape index (κ3) is 4.15. The molecule has 1 atom stereocenters. The third-order valence-corrected chi connectivity index (χ3v) is 5.80. The number of aromatic nitrogens is 5. The van der Waals surface area contributed by atoms with Crippen LogP contribution in [0, 0.1) is 25.2 Å². The van der Waals surface area contributed by atoms with Gasteiger partial charge >= 0.3 is 0 Å². The molecule has 0 aliphatic carbocycles. The van der Waals surface area contributed by atoms with E-state index in [2.05, 4.69) is 26.5 Å². The lowest BCUT2D eigenvalue weighted by atomic mass is 10.0. The van der Waals surface area contributed by atoms with Gasteiger partial charge in [-0.3, -0.25) is 4.79 Å². The third-order valence-electron chi connectivity index (χ3n) is 5.80. The molecule has 9 heteroatoms. The van der Waals surface area contributed by atoms with E-state index in [1.807, 2.05) is 55.9 Å². The number of hydrogen-bond acceptors (Lipinski definition) is 6. The van der Waals surface area contributed by atoms with Crippen molar-refractivity contribution < 1.29 is 9.53 Å². The number of fused-ring (bicyclic) bond motifs is 1. The van der Waals surface area contributed by atoms with Gasteiger partial charge in [0.05, 0.1) is 13.3 Å². The van der Waals surface area contributed by atoms with Gasteiger partial charge < -0.3 is 14.6 Å². The first-order valence-corrected chi connectivity index (χ1v) is 10.6. The quantitative estimate of drug-likeness (QED) is 0.470. The van der Waals surface area contributed by atoms with Crippen molar-refractivity contribution in [2.24, 2.45) is 7.05 Å². The van der Waals surface area contributed by atoms with Crippen molar-refractivity contribution in [2.45, 2.75) is 32.7 Å². The molecule has 0 saturated heterocycles. The van der Waals surface area contributed by atoms with E-state index in [1.165, 1.54) is 6.20 Å². The fourth-order valence-electron chi connectivity index (χ4n) is 4.06. The maximum absolute atomic E-state index is 13.1. The summed E-state index contributed by atoms with van der Waals surface area (Å²) in [7, 11) is 3.50. The Morgan fingerprint density at radius 2 is 2.09 bits per heavy atom. The van der Waals surface area contributed by atoms with Gasteiger partial charge in [-0.1, -0.05) is 18.2 Å². The Morgan fingerprint density at radius 1 is 1.30 bits per heavy atom. The molecule has 0 aliphatic heterocycles. The number of methoxy groups -OCH3 is 1. The monoisotopic (exact) mass is 443 g/mol. The van der Waals surface area contributed by atoms with Crippen LogP contribution < -0.4 is 10.1 Å². The number of benzene rings is 1. The molecule has 0 saturated carbocycles. The molecule has 3 aromatic heterocycles. The molecule has 0 radical (unpaired) electrons. The molecular formula is C24H25N7O2. The minimum Gasteiger partial charge on any atom is -0.496 e. The van der Waals surface area contributed by atoms with Gasteiger partial charge in [-0.2, -0.15) is 10.4 Å². The van der Waals surface area contributed by atoms with Crippen LogP contribution in [0.2, 0.25) is 0 Å². The molecule has 1 unspecified atom stereocenters. The summed E-state index contributed by atoms with van der Waals surface area (Å²) in [5.74, 6) is 1.27. The van der Waals surface area contributed by atoms with Crippen molar-refractivity contribution in [3.8, 4) is 11.8 Å². The van der Waals surface area contributed by atoms with Gasteiger partial charge in [0.2, 0.25) is 5.91 Å². The minimum absolute atomic E-state index is 0.119. The Balaban J connectivity index is 1.58. The number of ether oxygens (including phenoxy) is 1. The standard InChI is InChI=1S/C24H25N7O2/c1-15-18(16(2)31-23(28-15)17(13-25)14-27-31)9-10-21(32)29-22(24-26-11-12-30(24)3)19-7-5-6-8-20(19)33-4/h5-8,11-12,14,22H,9-10H2,1-4H3,(H,29,32). The zero-order chi connectivity index (χ0) is 23.5. The van der Waals surface area contributed by atoms with E-state index in [0.717, 1.165) is 22.5 Å². The van der Waals surface area contributed by atoms with Gasteiger partial charge in [0.15, 0.2) is 5.65 Å². The van der Waals surface area contributed by atoms with Crippen molar-refractivity contribution in [3.05, 3.63) is 76.8 Å². The molecule has 4 aromatic rings. The van der Waals surface area contributed by atoms with Crippen LogP contribution in [-0.2, 0) is 18.3 Å². The number of aryl methyl sites for hydroxylation is 3. The predicted molar refractivity (Wildman–Crippen MR) is 122 cm³/mol. The van der Waals surface area contributed by atoms with Gasteiger partial charge in [0.25, 0.3) is 0 Å². The van der Waals surface area contributed by atoms with Crippen LogP contribution in [0.25, 0.3) is 5.65 Å². The van der Waals surface area contributed by atoms with E-state index in [4.69, 9.17) is 4.74 Å². The summed E-state index contributed by atoms with van der Waals surface area (Å²) in [5.41, 5.74) is 4.40. The molecule has 0 aliphatic rings. The maximum Gasteiger partial charge on any atom is 0.221 e. The summed E-state index contributed by atoms with van der Waals surface area (Å²) in [4.78, 5) is 22.1. The lowest BCUT2D eigenvalue weighted by molar-refractivity contribution is -0.121. The van der Waals surface area contributed by atoms with Crippen molar-refractivity contribution in [2.75, 3.05) is 7.11 Å². The van der Waals surface area contributed by atoms with Crippen LogP contribution in [0.1, 0.15) is 46.4 Å². The van der Waals surface area contributed by atoms with E-state index in [9.17, 15) is 10.1 Å². The van der Waals surface area contributed by atoms with E-state index >= 15 is 0 Å². The summed E-state index contributed by atoms with van der Waals surface area (Å²) >= 11 is 0. The first kappa shape index (κ1) is 22.0. The van der Waals surface area contributed by atoms with Gasteiger partial charge in [-0.05, 0) is 31.9 Å². The number of nitrogens with one attached hydrogen (secondary N) is 1. The average molecular weight is 444 g/mol. The highest BCUT2D eigenvalue weighted by Crippen LogP contribution is 2.29. The van der Waals surface area contributed by atoms with Crippen molar-refractivity contribution >= 4 is 11.6 Å². The van der Waals surface area contributed by atoms with Crippen molar-refractivity contribution in [3.63, 3.8) is 0 Å². The Morgan fingerprint density at radius 3 is 2.79 bits per heavy atom. The number of carbonyl (C=O) groups excluding carboxylic acids is 1. The van der Waals surface area contributed by atoms with Crippen LogP contribution in [0.3, 0.4) is 0 Å². The second kappa shape index (κ2) is 9.12. The molecule has 1 N–H and O–H groups in total. The fourth-order valence-corrected chi connectivity index (χ4v) is 4.06. The molecule has 33 heavy (non-hydrogen) atoms. The Kier molecular flexibility index (Phi) is 6.09. The summed E-state index contributed by atoms with van der Waals surface area (Å²) in [6, 6.07) is 9.24. The zero-order valence-corrected chi connectivity index (χ0v) is 19.0. The molecule has 0 bridgehead atoms. The average Bonchev–Trinajstić information content (AvgIpc) is 3.43. The number of imidazole rings is 1. The number of para-hydroxylation sites is 1. The van der Waals surface area contributed by atoms with Gasteiger partial charge in [0, 0.05) is 42.8 Å². The normalized spacial score (nSPS) is 11.8. The molecule has 1 amide bonds. The number of hydrogen-bond donors (Lipinski definition) is 1. The largest absolute Gasteiger partial charge is 0.496 e. The number of nitrogens with zero attached hydrogens (tertiary/aromatic N) is 6. The van der Waals surface area contributed by atoms with Crippen LogP contribution >= 0.6 is 0 Å². The SMILES string of the molecule is COc1ccccc1C(NC(=O)CCc1c(C)nc2c(C#N)cnn2c1C)c1nccn1C. The molecule has 0 spiro atoms. The fraction of sp³-hybridized carbons (Fsp3) is 0.292. The lowest BCUT2D eigenvalue weighted by Crippen LogP contribution is -2.31. The van der Waals surface area contributed by atoms with E-state index in [-0.39, 0.29) is 12.3 Å². The molecule has 4 rings (SSSR count). The first-order valence-electron chi connectivity index (χ1n) is 10.6. The highest BCUT2D eigenvalue weighted by molar-refractivity contribution is 5.77. The summed E-state index contributed by atoms with van der Waals surface area (Å²) in [6.45, 7) is 3.81. The molecule has 3 heterocycles. The maximum atomic E-state index is 13.1. The molecule has 9 nitrogen and oxygen atoms in total. The van der Waals surface area contributed by atoms with Gasteiger partial charge in [0.1, 0.15) is 29.2 Å². The van der Waals surface area contributed by atoms with Crippen LogP contribution in [0.4, 0.5) is 0 Å². The van der Waals surface area contributed by atoms with Crippen LogP contribution in [-0.4, -0.2) is 37.2 Å². The Labute approximate surface area is 191 Å². The minimum atomic E-state index is -0.458. The van der Waals surface area contributed by atoms with Gasteiger partial charge in [-0.15, -0.1) is 0 Å². The summed E-state index contributed by atoms with van der Waals surface area (Å²) in [6.07, 6.45) is 5.81. The van der Waals surface area contributed by atoms with Crippen molar-refractivity contribution in [1.82, 2.24) is 29.5 Å². The predicted octanol–water partition coefficient (Wildman–Crippen LogP) is 2.80. The second-order valence-electron chi connectivity index (χ2n) is 7.81. The smallest absolute Gasteiger partial charge is 0.221 e.